The van der Waals surface area contributed by atoms with Crippen molar-refractivity contribution in [3.8, 4) is 16.9 Å². The van der Waals surface area contributed by atoms with Gasteiger partial charge in [0.2, 0.25) is 0 Å². The molecule has 1 N–H and O–H groups in total. The van der Waals surface area contributed by atoms with Crippen LogP contribution in [-0.2, 0) is 49.6 Å². The number of halogens is 2. The Bertz CT molecular complexity index is 2310. The van der Waals surface area contributed by atoms with Crippen molar-refractivity contribution < 1.29 is 23.4 Å². The highest BCUT2D eigenvalue weighted by molar-refractivity contribution is 6.35. The molecular weight excluding hydrogens is 683 g/mol. The Morgan fingerprint density at radius 2 is 1.88 bits per heavy atom. The van der Waals surface area contributed by atoms with Crippen molar-refractivity contribution in [3.63, 3.8) is 0 Å². The third-order valence-corrected chi connectivity index (χ3v) is 10.5. The highest BCUT2D eigenvalue weighted by Gasteiger charge is 2.30. The van der Waals surface area contributed by atoms with Crippen LogP contribution in [0.4, 0.5) is 4.39 Å². The van der Waals surface area contributed by atoms with Crippen molar-refractivity contribution in [3.05, 3.63) is 99.0 Å². The van der Waals surface area contributed by atoms with Gasteiger partial charge >= 0.3 is 5.97 Å². The fourth-order valence-corrected chi connectivity index (χ4v) is 7.81. The van der Waals surface area contributed by atoms with Crippen LogP contribution in [0.15, 0.2) is 48.5 Å². The van der Waals surface area contributed by atoms with Gasteiger partial charge < -0.3 is 24.1 Å². The summed E-state index contributed by atoms with van der Waals surface area (Å²) >= 11 is 7.14. The summed E-state index contributed by atoms with van der Waals surface area (Å²) in [6.07, 6.45) is 2.30. The molecule has 12 heteroatoms. The monoisotopic (exact) mass is 726 g/mol. The Morgan fingerprint density at radius 3 is 2.67 bits per heavy atom. The van der Waals surface area contributed by atoms with Crippen molar-refractivity contribution >= 4 is 39.2 Å². The molecule has 1 aliphatic heterocycles. The van der Waals surface area contributed by atoms with Gasteiger partial charge in [0.15, 0.2) is 0 Å². The molecule has 0 fully saturated rings. The lowest BCUT2D eigenvalue weighted by atomic mass is 9.94. The zero-order valence-corrected chi connectivity index (χ0v) is 31.2. The van der Waals surface area contributed by atoms with E-state index < -0.39 is 5.97 Å². The third-order valence-electron chi connectivity index (χ3n) is 10.2. The van der Waals surface area contributed by atoms with Gasteiger partial charge in [0.05, 0.1) is 31.7 Å². The zero-order chi connectivity index (χ0) is 36.7. The number of methoxy groups -OCH3 is 1. The second kappa shape index (κ2) is 14.7. The highest BCUT2D eigenvalue weighted by Crippen LogP contribution is 2.44. The Hall–Kier alpha value is -4.71. The molecule has 7 rings (SSSR count). The lowest BCUT2D eigenvalue weighted by Crippen LogP contribution is -2.16. The summed E-state index contributed by atoms with van der Waals surface area (Å²) in [4.78, 5) is 13.5. The number of rotatable bonds is 4. The van der Waals surface area contributed by atoms with E-state index in [0.29, 0.717) is 55.4 Å². The largest absolute Gasteiger partial charge is 0.493 e. The smallest absolute Gasteiger partial charge is 0.354 e. The summed E-state index contributed by atoms with van der Waals surface area (Å²) in [7, 11) is 7.18. The number of ether oxygens (including phenoxy) is 3. The minimum Gasteiger partial charge on any atom is -0.493 e. The van der Waals surface area contributed by atoms with Gasteiger partial charge in [0.25, 0.3) is 0 Å². The number of carbonyl (C=O) groups excluding carboxylic acids is 1. The van der Waals surface area contributed by atoms with E-state index in [1.165, 1.54) is 13.2 Å². The molecule has 6 aromatic rings. The highest BCUT2D eigenvalue weighted by atomic mass is 35.5. The van der Waals surface area contributed by atoms with Crippen molar-refractivity contribution in [2.75, 3.05) is 27.3 Å². The summed E-state index contributed by atoms with van der Waals surface area (Å²) < 4.78 is 38.6. The maximum Gasteiger partial charge on any atom is 0.354 e. The number of esters is 1. The molecule has 52 heavy (non-hydrogen) atoms. The fourth-order valence-electron chi connectivity index (χ4n) is 7.56. The van der Waals surface area contributed by atoms with Crippen LogP contribution in [0.25, 0.3) is 32.8 Å². The predicted octanol–water partition coefficient (Wildman–Crippen LogP) is 7.56. The molecular formula is C40H44ClFN6O4. The van der Waals surface area contributed by atoms with E-state index >= 15 is 0 Å². The number of nitrogens with zero attached hydrogens (tertiary/aromatic N) is 5. The first-order chi connectivity index (χ1) is 25.1. The number of aromatic nitrogens is 5. The fraction of sp³-hybridized carbons (Fsp3) is 0.375. The van der Waals surface area contributed by atoms with E-state index in [2.05, 4.69) is 11.4 Å². The maximum atomic E-state index is 14.4. The van der Waals surface area contributed by atoms with E-state index in [-0.39, 0.29) is 18.5 Å². The lowest BCUT2D eigenvalue weighted by Gasteiger charge is -2.19. The van der Waals surface area contributed by atoms with E-state index in [0.717, 1.165) is 73.1 Å². The molecule has 1 aliphatic rings. The molecule has 1 atom stereocenters. The van der Waals surface area contributed by atoms with Crippen molar-refractivity contribution in [2.24, 2.45) is 14.1 Å². The number of hydrogen-bond donors (Lipinski definition) is 1. The number of nitrogens with one attached hydrogen (secondary N) is 1. The van der Waals surface area contributed by atoms with E-state index in [1.807, 2.05) is 73.2 Å². The van der Waals surface area contributed by atoms with Crippen LogP contribution in [0.3, 0.4) is 0 Å². The third kappa shape index (κ3) is 6.57. The molecule has 10 nitrogen and oxygen atoms in total. The number of benzene rings is 3. The summed E-state index contributed by atoms with van der Waals surface area (Å²) in [5.74, 6) is -0.0323. The summed E-state index contributed by atoms with van der Waals surface area (Å²) in [6, 6.07) is 14.8. The Balaban J connectivity index is 1.40. The minimum atomic E-state index is -0.431. The van der Waals surface area contributed by atoms with Gasteiger partial charge in [-0.15, -0.1) is 0 Å². The number of aryl methyl sites for hydroxylation is 6. The molecule has 0 aliphatic carbocycles. The first kappa shape index (κ1) is 35.7. The Labute approximate surface area is 307 Å². The SMILES string of the molecule is CNCCC1OCc2cc(n(C)n2)CCc2cc(c3ccc(F)cc3c2)OCCCn2c(C(=O)OC)c(C)c3c(c(Cl)ccc32)-c2c1nn(C)c2C. The van der Waals surface area contributed by atoms with Gasteiger partial charge in [-0.05, 0) is 112 Å². The van der Waals surface area contributed by atoms with Crippen molar-refractivity contribution in [2.45, 2.75) is 58.8 Å². The average Bonchev–Trinajstić information content (AvgIpc) is 3.73. The molecule has 272 valence electrons. The van der Waals surface area contributed by atoms with Crippen LogP contribution in [0.5, 0.6) is 5.75 Å². The summed E-state index contributed by atoms with van der Waals surface area (Å²) in [5, 5.41) is 16.1. The molecule has 0 saturated carbocycles. The molecule has 3 aromatic carbocycles. The van der Waals surface area contributed by atoms with Crippen LogP contribution in [0.1, 0.15) is 63.3 Å². The van der Waals surface area contributed by atoms with Gasteiger partial charge in [0.1, 0.15) is 23.4 Å². The van der Waals surface area contributed by atoms with Crippen LogP contribution < -0.4 is 10.1 Å². The summed E-state index contributed by atoms with van der Waals surface area (Å²) in [6.45, 7) is 5.81. The van der Waals surface area contributed by atoms with Crippen LogP contribution in [0.2, 0.25) is 5.02 Å². The van der Waals surface area contributed by atoms with Crippen molar-refractivity contribution in [1.29, 1.82) is 0 Å². The molecule has 0 radical (unpaired) electrons. The molecule has 1 unspecified atom stereocenters. The second-order valence-corrected chi connectivity index (χ2v) is 13.9. The predicted molar refractivity (Wildman–Crippen MR) is 201 cm³/mol. The maximum absolute atomic E-state index is 14.4. The second-order valence-electron chi connectivity index (χ2n) is 13.5. The van der Waals surface area contributed by atoms with Gasteiger partial charge in [-0.1, -0.05) is 17.7 Å². The molecule has 4 heterocycles. The van der Waals surface area contributed by atoms with Gasteiger partial charge in [-0.25, -0.2) is 9.18 Å². The quantitative estimate of drug-likeness (QED) is 0.187. The van der Waals surface area contributed by atoms with E-state index in [9.17, 15) is 9.18 Å². The van der Waals surface area contributed by atoms with Crippen LogP contribution in [-0.4, -0.2) is 57.4 Å². The van der Waals surface area contributed by atoms with Crippen molar-refractivity contribution in [1.82, 2.24) is 29.4 Å². The lowest BCUT2D eigenvalue weighted by molar-refractivity contribution is 0.0296. The first-order valence-electron chi connectivity index (χ1n) is 17.7. The van der Waals surface area contributed by atoms with E-state index in [4.69, 9.17) is 36.0 Å². The molecule has 0 saturated heterocycles. The molecule has 3 aromatic heterocycles. The zero-order valence-electron chi connectivity index (χ0n) is 30.5. The number of fused-ring (bicyclic) bond motifs is 8. The molecule has 0 spiro atoms. The standard InChI is InChI=1S/C40H44ClFN6O4/c1-23-35-32-13-12-31(41)37(35)36-24(2)46(4)45-38(36)33(14-15-43-3)52-22-28-21-29(47(5)44-28)10-8-25-18-26-20-27(42)9-11-30(26)34(19-25)51-17-7-16-48(32)39(23)40(49)50-6/h9,11-13,18-21,33,43H,7-8,10,14-17,22H2,1-6H3. The van der Waals surface area contributed by atoms with Crippen LogP contribution in [0, 0.1) is 19.7 Å². The molecule has 8 bridgehead atoms. The number of hydrogen-bond acceptors (Lipinski definition) is 7. The first-order valence-corrected chi connectivity index (χ1v) is 18.0. The van der Waals surface area contributed by atoms with Gasteiger partial charge in [-0.2, -0.15) is 10.2 Å². The summed E-state index contributed by atoms with van der Waals surface area (Å²) in [5.41, 5.74) is 8.38. The van der Waals surface area contributed by atoms with E-state index in [1.54, 1.807) is 12.1 Å². The topological polar surface area (TPSA) is 97.4 Å². The molecule has 0 amide bonds. The Kier molecular flexibility index (Phi) is 10.1. The minimum absolute atomic E-state index is 0.282. The number of carbonyl (C=O) groups is 1. The Morgan fingerprint density at radius 1 is 1.06 bits per heavy atom. The van der Waals surface area contributed by atoms with Gasteiger partial charge in [-0.3, -0.25) is 9.36 Å². The average molecular weight is 727 g/mol. The van der Waals surface area contributed by atoms with Crippen LogP contribution >= 0.6 is 11.6 Å². The van der Waals surface area contributed by atoms with Gasteiger partial charge in [0, 0.05) is 64.5 Å². The normalized spacial score (nSPS) is 15.4.